The number of amides is 2. The van der Waals surface area contributed by atoms with E-state index in [0.717, 1.165) is 12.8 Å². The predicted molar refractivity (Wildman–Crippen MR) is 136 cm³/mol. The van der Waals surface area contributed by atoms with Crippen molar-refractivity contribution in [1.82, 2.24) is 20.1 Å². The summed E-state index contributed by atoms with van der Waals surface area (Å²) in [5, 5.41) is 12.1. The van der Waals surface area contributed by atoms with E-state index in [2.05, 4.69) is 20.7 Å². The standard InChI is InChI=1S/C24H23Cl2N5O3S/c1-13-7-15(25)8-17(23(32)28-10-14-4-5-14)21(13)29-24(33)19-9-20(35-16-11-34-12-16)30-31(19)22-18(26)3-2-6-27-22/h2-3,6-9,14,16H,4-5,10-12H2,1H3,(H,28,32)(H,29,33). The van der Waals surface area contributed by atoms with Gasteiger partial charge in [-0.2, -0.15) is 5.10 Å². The minimum atomic E-state index is -0.447. The Morgan fingerprint density at radius 2 is 2.00 bits per heavy atom. The molecule has 0 atom stereocenters. The van der Waals surface area contributed by atoms with Crippen molar-refractivity contribution in [2.24, 2.45) is 5.92 Å². The molecule has 2 fully saturated rings. The SMILES string of the molecule is Cc1cc(Cl)cc(C(=O)NCC2CC2)c1NC(=O)c1cc(SC2COC2)nn1-c1ncccc1Cl. The summed E-state index contributed by atoms with van der Waals surface area (Å²) in [5.74, 6) is 0.135. The van der Waals surface area contributed by atoms with E-state index < -0.39 is 5.91 Å². The van der Waals surface area contributed by atoms with Crippen LogP contribution in [0.2, 0.25) is 10.0 Å². The molecule has 0 spiro atoms. The summed E-state index contributed by atoms with van der Waals surface area (Å²) in [6.45, 7) is 3.66. The van der Waals surface area contributed by atoms with Crippen molar-refractivity contribution < 1.29 is 14.3 Å². The molecule has 1 aliphatic heterocycles. The number of halogens is 2. The Labute approximate surface area is 216 Å². The summed E-state index contributed by atoms with van der Waals surface area (Å²) in [4.78, 5) is 30.8. The number of carbonyl (C=O) groups is 2. The van der Waals surface area contributed by atoms with Crippen LogP contribution in [0.1, 0.15) is 39.3 Å². The Kier molecular flexibility index (Phi) is 7.02. The molecule has 1 saturated carbocycles. The highest BCUT2D eigenvalue weighted by Gasteiger charge is 2.27. The Morgan fingerprint density at radius 3 is 2.69 bits per heavy atom. The molecule has 0 bridgehead atoms. The lowest BCUT2D eigenvalue weighted by Gasteiger charge is -2.23. The van der Waals surface area contributed by atoms with Crippen LogP contribution in [0.5, 0.6) is 0 Å². The minimum Gasteiger partial charge on any atom is -0.379 e. The van der Waals surface area contributed by atoms with Gasteiger partial charge < -0.3 is 15.4 Å². The lowest BCUT2D eigenvalue weighted by Crippen LogP contribution is -2.30. The fourth-order valence-corrected chi connectivity index (χ4v) is 5.10. The van der Waals surface area contributed by atoms with Crippen molar-refractivity contribution in [2.45, 2.75) is 30.0 Å². The van der Waals surface area contributed by atoms with E-state index in [-0.39, 0.29) is 16.9 Å². The smallest absolute Gasteiger partial charge is 0.274 e. The van der Waals surface area contributed by atoms with Gasteiger partial charge in [0.1, 0.15) is 10.7 Å². The van der Waals surface area contributed by atoms with E-state index in [1.165, 1.54) is 16.4 Å². The summed E-state index contributed by atoms with van der Waals surface area (Å²) in [6.07, 6.45) is 3.82. The van der Waals surface area contributed by atoms with Crippen LogP contribution in [0.15, 0.2) is 41.6 Å². The second-order valence-corrected chi connectivity index (χ2v) is 10.8. The van der Waals surface area contributed by atoms with Gasteiger partial charge in [-0.1, -0.05) is 35.0 Å². The minimum absolute atomic E-state index is 0.243. The third-order valence-electron chi connectivity index (χ3n) is 5.79. The predicted octanol–water partition coefficient (Wildman–Crippen LogP) is 4.77. The highest BCUT2D eigenvalue weighted by Crippen LogP contribution is 2.32. The van der Waals surface area contributed by atoms with Crippen LogP contribution in [0, 0.1) is 12.8 Å². The molecule has 3 heterocycles. The zero-order valence-electron chi connectivity index (χ0n) is 18.9. The Morgan fingerprint density at radius 1 is 1.20 bits per heavy atom. The number of aromatic nitrogens is 3. The molecule has 2 N–H and O–H groups in total. The van der Waals surface area contributed by atoms with Crippen molar-refractivity contribution in [1.29, 1.82) is 0 Å². The fraction of sp³-hybridized carbons (Fsp3) is 0.333. The number of anilines is 1. The Bertz CT molecular complexity index is 1290. The second kappa shape index (κ2) is 10.2. The molecule has 0 radical (unpaired) electrons. The van der Waals surface area contributed by atoms with Crippen LogP contribution in [0.3, 0.4) is 0 Å². The number of rotatable bonds is 8. The van der Waals surface area contributed by atoms with E-state index in [0.29, 0.717) is 63.4 Å². The summed E-state index contributed by atoms with van der Waals surface area (Å²) < 4.78 is 6.68. The quantitative estimate of drug-likeness (QED) is 0.434. The van der Waals surface area contributed by atoms with Gasteiger partial charge in [-0.3, -0.25) is 9.59 Å². The molecule has 3 aromatic rings. The van der Waals surface area contributed by atoms with Crippen LogP contribution in [0.4, 0.5) is 5.69 Å². The van der Waals surface area contributed by atoms with Gasteiger partial charge in [0.25, 0.3) is 11.8 Å². The molecule has 2 amide bonds. The third-order valence-corrected chi connectivity index (χ3v) is 7.35. The third kappa shape index (κ3) is 5.48. The number of ether oxygens (including phenoxy) is 1. The van der Waals surface area contributed by atoms with Gasteiger partial charge in [-0.25, -0.2) is 9.67 Å². The first-order valence-corrected chi connectivity index (χ1v) is 12.9. The van der Waals surface area contributed by atoms with Crippen molar-refractivity contribution in [3.63, 3.8) is 0 Å². The normalized spacial score (nSPS) is 15.5. The van der Waals surface area contributed by atoms with Gasteiger partial charge in [-0.15, -0.1) is 0 Å². The first kappa shape index (κ1) is 24.1. The molecule has 2 aromatic heterocycles. The Hall–Kier alpha value is -2.59. The number of benzene rings is 1. The molecule has 2 aliphatic rings. The number of pyridine rings is 1. The largest absolute Gasteiger partial charge is 0.379 e. The monoisotopic (exact) mass is 531 g/mol. The maximum Gasteiger partial charge on any atom is 0.274 e. The van der Waals surface area contributed by atoms with Crippen LogP contribution in [0.25, 0.3) is 5.82 Å². The van der Waals surface area contributed by atoms with Crippen molar-refractivity contribution in [3.05, 3.63) is 63.4 Å². The van der Waals surface area contributed by atoms with E-state index in [9.17, 15) is 9.59 Å². The summed E-state index contributed by atoms with van der Waals surface area (Å²) in [5.41, 5.74) is 1.62. The topological polar surface area (TPSA) is 98.1 Å². The molecule has 0 unspecified atom stereocenters. The van der Waals surface area contributed by atoms with Gasteiger partial charge in [0, 0.05) is 23.8 Å². The average molecular weight is 532 g/mol. The molecule has 11 heteroatoms. The summed E-state index contributed by atoms with van der Waals surface area (Å²) >= 11 is 14.1. The summed E-state index contributed by atoms with van der Waals surface area (Å²) in [7, 11) is 0. The van der Waals surface area contributed by atoms with Gasteiger partial charge in [0.2, 0.25) is 0 Å². The van der Waals surface area contributed by atoms with E-state index in [1.807, 2.05) is 0 Å². The van der Waals surface area contributed by atoms with Crippen molar-refractivity contribution in [3.8, 4) is 5.82 Å². The molecular weight excluding hydrogens is 509 g/mol. The molecular formula is C24H23Cl2N5O3S. The number of nitrogens with one attached hydrogen (secondary N) is 2. The highest BCUT2D eigenvalue weighted by molar-refractivity contribution is 8.00. The average Bonchev–Trinajstić information content (AvgIpc) is 3.54. The summed E-state index contributed by atoms with van der Waals surface area (Å²) in [6, 6.07) is 8.36. The number of hydrogen-bond donors (Lipinski definition) is 2. The van der Waals surface area contributed by atoms with Gasteiger partial charge in [0.05, 0.1) is 34.7 Å². The second-order valence-electron chi connectivity index (χ2n) is 8.62. The van der Waals surface area contributed by atoms with Crippen LogP contribution in [-0.2, 0) is 4.74 Å². The van der Waals surface area contributed by atoms with Crippen LogP contribution < -0.4 is 10.6 Å². The molecule has 1 aromatic carbocycles. The number of carbonyl (C=O) groups excluding carboxylic acids is 2. The zero-order chi connectivity index (χ0) is 24.5. The van der Waals surface area contributed by atoms with Gasteiger partial charge in [0.15, 0.2) is 5.82 Å². The first-order valence-electron chi connectivity index (χ1n) is 11.2. The number of hydrogen-bond acceptors (Lipinski definition) is 6. The molecule has 5 rings (SSSR count). The zero-order valence-corrected chi connectivity index (χ0v) is 21.2. The number of nitrogens with zero attached hydrogens (tertiary/aromatic N) is 3. The van der Waals surface area contributed by atoms with Crippen molar-refractivity contribution in [2.75, 3.05) is 25.1 Å². The molecule has 182 valence electrons. The van der Waals surface area contributed by atoms with Gasteiger partial charge in [-0.05, 0) is 55.5 Å². The van der Waals surface area contributed by atoms with E-state index >= 15 is 0 Å². The Balaban J connectivity index is 1.47. The molecule has 1 aliphatic carbocycles. The number of aryl methyl sites for hydroxylation is 1. The van der Waals surface area contributed by atoms with Gasteiger partial charge >= 0.3 is 0 Å². The number of thioether (sulfide) groups is 1. The van der Waals surface area contributed by atoms with E-state index in [1.54, 1.807) is 43.5 Å². The maximum atomic E-state index is 13.5. The lowest BCUT2D eigenvalue weighted by atomic mass is 10.1. The van der Waals surface area contributed by atoms with Crippen LogP contribution >= 0.6 is 35.0 Å². The van der Waals surface area contributed by atoms with Crippen molar-refractivity contribution >= 4 is 52.5 Å². The maximum absolute atomic E-state index is 13.5. The molecule has 1 saturated heterocycles. The highest BCUT2D eigenvalue weighted by atomic mass is 35.5. The fourth-order valence-electron chi connectivity index (χ4n) is 3.65. The van der Waals surface area contributed by atoms with Crippen LogP contribution in [-0.4, -0.2) is 51.6 Å². The lowest BCUT2D eigenvalue weighted by molar-refractivity contribution is 0.0454. The first-order chi connectivity index (χ1) is 16.9. The van der Waals surface area contributed by atoms with E-state index in [4.69, 9.17) is 27.9 Å². The molecule has 8 nitrogen and oxygen atoms in total. The molecule has 35 heavy (non-hydrogen) atoms.